The first-order valence-corrected chi connectivity index (χ1v) is 5.25. The molecule has 2 aromatic rings. The molecule has 0 fully saturated rings. The van der Waals surface area contributed by atoms with Gasteiger partial charge < -0.3 is 10.3 Å². The average Bonchev–Trinajstić information content (AvgIpc) is 2.71. The van der Waals surface area contributed by atoms with Crippen LogP contribution in [0.3, 0.4) is 0 Å². The van der Waals surface area contributed by atoms with Crippen LogP contribution in [-0.2, 0) is 0 Å². The molecule has 0 saturated carbocycles. The number of nitriles is 1. The monoisotopic (exact) mass is 253 g/mol. The van der Waals surface area contributed by atoms with Crippen LogP contribution in [-0.4, -0.2) is 17.3 Å². The molecule has 1 unspecified atom stereocenters. The molecule has 0 spiro atoms. The second-order valence-electron chi connectivity index (χ2n) is 3.90. The van der Waals surface area contributed by atoms with Gasteiger partial charge in [0.05, 0.1) is 11.6 Å². The second kappa shape index (κ2) is 4.35. The summed E-state index contributed by atoms with van der Waals surface area (Å²) in [4.78, 5) is 0. The lowest BCUT2D eigenvalue weighted by Gasteiger charge is -2.21. The summed E-state index contributed by atoms with van der Waals surface area (Å²) in [5.41, 5.74) is 6.04. The fraction of sp³-hybridized carbons (Fsp3) is 0.250. The van der Waals surface area contributed by atoms with Gasteiger partial charge in [-0.15, -0.1) is 0 Å². The minimum atomic E-state index is -4.39. The Morgan fingerprint density at radius 2 is 2.06 bits per heavy atom. The number of hydrogen-bond donors (Lipinski definition) is 1. The van der Waals surface area contributed by atoms with Gasteiger partial charge in [-0.25, -0.2) is 0 Å². The van der Waals surface area contributed by atoms with Crippen molar-refractivity contribution in [1.29, 1.82) is 5.26 Å². The molecular formula is C12H10F3N3. The third-order valence-corrected chi connectivity index (χ3v) is 2.79. The Morgan fingerprint density at radius 1 is 1.33 bits per heavy atom. The highest BCUT2D eigenvalue weighted by Crippen LogP contribution is 2.32. The van der Waals surface area contributed by atoms with E-state index >= 15 is 0 Å². The molecule has 2 rings (SSSR count). The molecule has 3 nitrogen and oxygen atoms in total. The molecule has 18 heavy (non-hydrogen) atoms. The first-order chi connectivity index (χ1) is 8.47. The van der Waals surface area contributed by atoms with Gasteiger partial charge >= 0.3 is 6.18 Å². The van der Waals surface area contributed by atoms with E-state index in [1.807, 2.05) is 6.07 Å². The fourth-order valence-corrected chi connectivity index (χ4v) is 1.91. The van der Waals surface area contributed by atoms with Crippen molar-refractivity contribution in [2.24, 2.45) is 5.73 Å². The van der Waals surface area contributed by atoms with Gasteiger partial charge in [-0.3, -0.25) is 0 Å². The zero-order chi connectivity index (χ0) is 13.3. The van der Waals surface area contributed by atoms with Crippen LogP contribution in [0.1, 0.15) is 11.6 Å². The van der Waals surface area contributed by atoms with Crippen LogP contribution in [0.15, 0.2) is 30.5 Å². The number of benzene rings is 1. The molecule has 1 heterocycles. The lowest BCUT2D eigenvalue weighted by molar-refractivity contribution is -0.164. The third-order valence-electron chi connectivity index (χ3n) is 2.79. The van der Waals surface area contributed by atoms with Gasteiger partial charge in [0.15, 0.2) is 0 Å². The summed E-state index contributed by atoms with van der Waals surface area (Å²) in [5, 5.41) is 9.33. The van der Waals surface area contributed by atoms with Crippen molar-refractivity contribution in [2.45, 2.75) is 12.2 Å². The lowest BCUT2D eigenvalue weighted by Crippen LogP contribution is -2.32. The van der Waals surface area contributed by atoms with Gasteiger partial charge in [0.25, 0.3) is 0 Å². The topological polar surface area (TPSA) is 54.7 Å². The van der Waals surface area contributed by atoms with Crippen LogP contribution in [0, 0.1) is 11.3 Å². The third kappa shape index (κ3) is 2.05. The summed E-state index contributed by atoms with van der Waals surface area (Å²) in [7, 11) is 0. The summed E-state index contributed by atoms with van der Waals surface area (Å²) < 4.78 is 39.5. The van der Waals surface area contributed by atoms with E-state index in [1.165, 1.54) is 18.3 Å². The zero-order valence-corrected chi connectivity index (χ0v) is 9.28. The Balaban J connectivity index is 2.56. The highest BCUT2D eigenvalue weighted by molar-refractivity contribution is 5.81. The number of rotatable bonds is 2. The largest absolute Gasteiger partial charge is 0.410 e. The minimum Gasteiger partial charge on any atom is -0.334 e. The molecule has 1 atom stereocenters. The first kappa shape index (κ1) is 12.5. The molecule has 0 aliphatic rings. The summed E-state index contributed by atoms with van der Waals surface area (Å²) >= 11 is 0. The van der Waals surface area contributed by atoms with Crippen LogP contribution in [0.2, 0.25) is 0 Å². The number of aromatic nitrogens is 1. The van der Waals surface area contributed by atoms with Gasteiger partial charge in [0.2, 0.25) is 0 Å². The van der Waals surface area contributed by atoms with E-state index < -0.39 is 18.8 Å². The van der Waals surface area contributed by atoms with Crippen LogP contribution in [0.4, 0.5) is 13.2 Å². The van der Waals surface area contributed by atoms with Crippen molar-refractivity contribution in [3.05, 3.63) is 36.0 Å². The van der Waals surface area contributed by atoms with Crippen molar-refractivity contribution >= 4 is 10.9 Å². The smallest absolute Gasteiger partial charge is 0.334 e. The fourth-order valence-electron chi connectivity index (χ4n) is 1.91. The van der Waals surface area contributed by atoms with Gasteiger partial charge in [0.1, 0.15) is 6.04 Å². The van der Waals surface area contributed by atoms with Gasteiger partial charge in [-0.1, -0.05) is 0 Å². The molecule has 6 heteroatoms. The van der Waals surface area contributed by atoms with E-state index in [1.54, 1.807) is 12.1 Å². The van der Waals surface area contributed by atoms with E-state index in [0.29, 0.717) is 16.5 Å². The maximum atomic E-state index is 12.8. The summed E-state index contributed by atoms with van der Waals surface area (Å²) in [5.74, 6) is 0. The average molecular weight is 253 g/mol. The highest BCUT2D eigenvalue weighted by Gasteiger charge is 2.40. The predicted molar refractivity (Wildman–Crippen MR) is 60.8 cm³/mol. The molecule has 0 aliphatic carbocycles. The number of nitrogens with zero attached hydrogens (tertiary/aromatic N) is 2. The zero-order valence-electron chi connectivity index (χ0n) is 9.28. The normalized spacial score (nSPS) is 13.5. The van der Waals surface area contributed by atoms with Crippen molar-refractivity contribution in [1.82, 2.24) is 4.57 Å². The molecule has 0 aliphatic heterocycles. The van der Waals surface area contributed by atoms with Crippen molar-refractivity contribution in [2.75, 3.05) is 6.54 Å². The molecular weight excluding hydrogens is 243 g/mol. The molecule has 0 radical (unpaired) electrons. The Bertz CT molecular complexity index is 607. The lowest BCUT2D eigenvalue weighted by atomic mass is 10.1. The Morgan fingerprint density at radius 3 is 2.61 bits per heavy atom. The van der Waals surface area contributed by atoms with E-state index in [0.717, 1.165) is 4.57 Å². The summed E-state index contributed by atoms with van der Waals surface area (Å²) in [6.07, 6.45) is -3.05. The van der Waals surface area contributed by atoms with Crippen LogP contribution < -0.4 is 5.73 Å². The molecule has 0 amide bonds. The maximum Gasteiger partial charge on any atom is 0.410 e. The first-order valence-electron chi connectivity index (χ1n) is 5.25. The molecule has 1 aromatic carbocycles. The second-order valence-corrected chi connectivity index (χ2v) is 3.90. The van der Waals surface area contributed by atoms with E-state index in [2.05, 4.69) is 0 Å². The highest BCUT2D eigenvalue weighted by atomic mass is 19.4. The Hall–Kier alpha value is -2.00. The number of fused-ring (bicyclic) bond motifs is 1. The van der Waals surface area contributed by atoms with Crippen molar-refractivity contribution in [3.8, 4) is 6.07 Å². The number of halogens is 3. The maximum absolute atomic E-state index is 12.8. The van der Waals surface area contributed by atoms with Gasteiger partial charge in [-0.05, 0) is 24.3 Å². The van der Waals surface area contributed by atoms with Crippen LogP contribution in [0.5, 0.6) is 0 Å². The Labute approximate surface area is 101 Å². The van der Waals surface area contributed by atoms with Crippen molar-refractivity contribution in [3.63, 3.8) is 0 Å². The van der Waals surface area contributed by atoms with Crippen LogP contribution >= 0.6 is 0 Å². The number of nitrogens with two attached hydrogens (primary N) is 1. The molecule has 2 N–H and O–H groups in total. The minimum absolute atomic E-state index is 0.413. The van der Waals surface area contributed by atoms with Gasteiger partial charge in [0, 0.05) is 23.6 Å². The van der Waals surface area contributed by atoms with E-state index in [9.17, 15) is 13.2 Å². The summed E-state index contributed by atoms with van der Waals surface area (Å²) in [6, 6.07) is 6.29. The Kier molecular flexibility index (Phi) is 3.01. The van der Waals surface area contributed by atoms with Crippen LogP contribution in [0.25, 0.3) is 10.9 Å². The van der Waals surface area contributed by atoms with E-state index in [-0.39, 0.29) is 0 Å². The van der Waals surface area contributed by atoms with Crippen molar-refractivity contribution < 1.29 is 13.2 Å². The van der Waals surface area contributed by atoms with E-state index in [4.69, 9.17) is 11.0 Å². The number of alkyl halides is 3. The molecule has 94 valence electrons. The van der Waals surface area contributed by atoms with Gasteiger partial charge in [-0.2, -0.15) is 18.4 Å². The summed E-state index contributed by atoms with van der Waals surface area (Å²) in [6.45, 7) is -0.521. The number of hydrogen-bond acceptors (Lipinski definition) is 2. The molecule has 0 bridgehead atoms. The molecule has 0 saturated heterocycles. The molecule has 1 aromatic heterocycles. The predicted octanol–water partition coefficient (Wildman–Crippen LogP) is 2.58. The SMILES string of the molecule is N#Cc1ccc2c(ccn2C(CN)C(F)(F)F)c1. The standard InChI is InChI=1S/C12H10F3N3/c13-12(14,15)11(7-17)18-4-3-9-5-8(6-16)1-2-10(9)18/h1-5,11H,7,17H2. The quantitative estimate of drug-likeness (QED) is 0.894.